The SMILES string of the molecule is C[C@H](Sc1nc(-c2ccccc2)c(-c2ccccc2)o1)c1nc(N)nc(N(C)C)n1. The van der Waals surface area contributed by atoms with E-state index in [1.807, 2.05) is 81.7 Å². The lowest BCUT2D eigenvalue weighted by Gasteiger charge is -2.13. The van der Waals surface area contributed by atoms with E-state index in [1.165, 1.54) is 11.8 Å². The summed E-state index contributed by atoms with van der Waals surface area (Å²) < 4.78 is 6.19. The summed E-state index contributed by atoms with van der Waals surface area (Å²) in [4.78, 5) is 19.5. The van der Waals surface area contributed by atoms with E-state index in [-0.39, 0.29) is 11.2 Å². The first-order valence-electron chi connectivity index (χ1n) is 9.48. The Balaban J connectivity index is 1.69. The van der Waals surface area contributed by atoms with Gasteiger partial charge < -0.3 is 15.1 Å². The molecule has 0 unspecified atom stereocenters. The van der Waals surface area contributed by atoms with Crippen molar-refractivity contribution in [1.29, 1.82) is 0 Å². The van der Waals surface area contributed by atoms with Crippen LogP contribution in [0.4, 0.5) is 11.9 Å². The predicted octanol–water partition coefficient (Wildman–Crippen LogP) is 4.70. The number of aromatic nitrogens is 4. The van der Waals surface area contributed by atoms with Gasteiger partial charge in [-0.1, -0.05) is 72.4 Å². The number of nitrogens with zero attached hydrogens (tertiary/aromatic N) is 5. The molecule has 2 heterocycles. The average Bonchev–Trinajstić information content (AvgIpc) is 3.18. The van der Waals surface area contributed by atoms with Crippen molar-refractivity contribution >= 4 is 23.7 Å². The third kappa shape index (κ3) is 4.28. The lowest BCUT2D eigenvalue weighted by Crippen LogP contribution is -2.16. The summed E-state index contributed by atoms with van der Waals surface area (Å²) in [6.07, 6.45) is 0. The van der Waals surface area contributed by atoms with Gasteiger partial charge in [0.2, 0.25) is 11.9 Å². The molecule has 0 saturated heterocycles. The summed E-state index contributed by atoms with van der Waals surface area (Å²) in [5.74, 6) is 2.03. The van der Waals surface area contributed by atoms with E-state index in [1.54, 1.807) is 4.90 Å². The molecule has 0 spiro atoms. The molecule has 0 aliphatic carbocycles. The fraction of sp³-hybridized carbons (Fsp3) is 0.182. The molecule has 7 nitrogen and oxygen atoms in total. The van der Waals surface area contributed by atoms with E-state index >= 15 is 0 Å². The van der Waals surface area contributed by atoms with Gasteiger partial charge in [-0.2, -0.15) is 15.0 Å². The van der Waals surface area contributed by atoms with Gasteiger partial charge in [0, 0.05) is 25.2 Å². The molecule has 2 N–H and O–H groups in total. The van der Waals surface area contributed by atoms with Crippen LogP contribution in [0.3, 0.4) is 0 Å². The van der Waals surface area contributed by atoms with Crippen molar-refractivity contribution in [2.24, 2.45) is 0 Å². The fourth-order valence-electron chi connectivity index (χ4n) is 2.91. The number of hydrogen-bond donors (Lipinski definition) is 1. The van der Waals surface area contributed by atoms with E-state index in [9.17, 15) is 0 Å². The van der Waals surface area contributed by atoms with E-state index in [0.29, 0.717) is 17.0 Å². The summed E-state index contributed by atoms with van der Waals surface area (Å²) in [5, 5.41) is 0.422. The van der Waals surface area contributed by atoms with Crippen LogP contribution in [0.1, 0.15) is 18.0 Å². The Kier molecular flexibility index (Phi) is 5.67. The summed E-state index contributed by atoms with van der Waals surface area (Å²) in [7, 11) is 3.73. The van der Waals surface area contributed by atoms with Crippen molar-refractivity contribution in [1.82, 2.24) is 19.9 Å². The molecule has 0 amide bonds. The number of oxazole rings is 1. The maximum atomic E-state index is 6.19. The molecule has 0 aliphatic heterocycles. The second-order valence-corrected chi connectivity index (χ2v) is 8.19. The van der Waals surface area contributed by atoms with Gasteiger partial charge in [0.1, 0.15) is 11.5 Å². The Bertz CT molecular complexity index is 1070. The first kappa shape index (κ1) is 19.9. The molecular formula is C22H22N6OS. The normalized spacial score (nSPS) is 12.0. The highest BCUT2D eigenvalue weighted by molar-refractivity contribution is 7.99. The Morgan fingerprint density at radius 3 is 2.13 bits per heavy atom. The van der Waals surface area contributed by atoms with Crippen LogP contribution in [-0.2, 0) is 0 Å². The van der Waals surface area contributed by atoms with Crippen molar-refractivity contribution in [3.63, 3.8) is 0 Å². The van der Waals surface area contributed by atoms with Gasteiger partial charge in [-0.3, -0.25) is 0 Å². The molecule has 2 aromatic heterocycles. The lowest BCUT2D eigenvalue weighted by atomic mass is 10.1. The third-order valence-electron chi connectivity index (χ3n) is 4.39. The monoisotopic (exact) mass is 418 g/mol. The van der Waals surface area contributed by atoms with E-state index < -0.39 is 0 Å². The molecule has 2 aromatic carbocycles. The van der Waals surface area contributed by atoms with Crippen molar-refractivity contribution in [2.75, 3.05) is 24.7 Å². The van der Waals surface area contributed by atoms with Crippen LogP contribution in [0, 0.1) is 0 Å². The van der Waals surface area contributed by atoms with Gasteiger partial charge in [-0.25, -0.2) is 4.98 Å². The van der Waals surface area contributed by atoms with Gasteiger partial charge >= 0.3 is 0 Å². The number of hydrogen-bond acceptors (Lipinski definition) is 8. The van der Waals surface area contributed by atoms with Crippen LogP contribution in [0.2, 0.25) is 0 Å². The Morgan fingerprint density at radius 1 is 0.867 bits per heavy atom. The summed E-state index contributed by atoms with van der Waals surface area (Å²) >= 11 is 1.45. The topological polar surface area (TPSA) is 94.0 Å². The Hall–Kier alpha value is -3.39. The Labute approximate surface area is 179 Å². The maximum Gasteiger partial charge on any atom is 0.257 e. The first-order chi connectivity index (χ1) is 14.5. The second kappa shape index (κ2) is 8.54. The number of nitrogen functional groups attached to an aromatic ring is 1. The minimum absolute atomic E-state index is 0.125. The summed E-state index contributed by atoms with van der Waals surface area (Å²) in [6.45, 7) is 1.99. The van der Waals surface area contributed by atoms with Crippen LogP contribution in [0.5, 0.6) is 0 Å². The molecule has 0 bridgehead atoms. The molecule has 152 valence electrons. The van der Waals surface area contributed by atoms with Gasteiger partial charge in [-0.15, -0.1) is 0 Å². The van der Waals surface area contributed by atoms with E-state index in [4.69, 9.17) is 15.1 Å². The van der Waals surface area contributed by atoms with Crippen molar-refractivity contribution in [3.05, 3.63) is 66.5 Å². The zero-order valence-electron chi connectivity index (χ0n) is 17.0. The molecule has 0 fully saturated rings. The van der Waals surface area contributed by atoms with Crippen LogP contribution in [-0.4, -0.2) is 34.0 Å². The minimum atomic E-state index is -0.125. The molecule has 4 aromatic rings. The predicted molar refractivity (Wildman–Crippen MR) is 120 cm³/mol. The lowest BCUT2D eigenvalue weighted by molar-refractivity contribution is 0.465. The molecule has 4 rings (SSSR count). The molecule has 1 atom stereocenters. The maximum absolute atomic E-state index is 6.19. The number of rotatable bonds is 6. The van der Waals surface area contributed by atoms with Crippen LogP contribution in [0.15, 0.2) is 70.3 Å². The minimum Gasteiger partial charge on any atom is -0.431 e. The third-order valence-corrected chi connectivity index (χ3v) is 5.33. The van der Waals surface area contributed by atoms with Crippen molar-refractivity contribution in [3.8, 4) is 22.6 Å². The van der Waals surface area contributed by atoms with Gasteiger partial charge in [0.15, 0.2) is 5.76 Å². The average molecular weight is 419 g/mol. The van der Waals surface area contributed by atoms with Gasteiger partial charge in [0.05, 0.1) is 5.25 Å². The van der Waals surface area contributed by atoms with E-state index in [2.05, 4.69) is 15.0 Å². The molecular weight excluding hydrogens is 396 g/mol. The largest absolute Gasteiger partial charge is 0.431 e. The number of nitrogens with two attached hydrogens (primary N) is 1. The van der Waals surface area contributed by atoms with Crippen LogP contribution in [0.25, 0.3) is 22.6 Å². The number of thioether (sulfide) groups is 1. The molecule has 30 heavy (non-hydrogen) atoms. The highest BCUT2D eigenvalue weighted by Crippen LogP contribution is 2.39. The fourth-order valence-corrected chi connectivity index (χ4v) is 3.70. The summed E-state index contributed by atoms with van der Waals surface area (Å²) in [6, 6.07) is 20.0. The van der Waals surface area contributed by atoms with Crippen LogP contribution >= 0.6 is 11.8 Å². The molecule has 0 radical (unpaired) electrons. The van der Waals surface area contributed by atoms with Gasteiger partial charge in [-0.05, 0) is 6.92 Å². The second-order valence-electron chi connectivity index (χ2n) is 6.90. The zero-order valence-corrected chi connectivity index (χ0v) is 17.8. The molecule has 8 heteroatoms. The number of anilines is 2. The summed E-state index contributed by atoms with van der Waals surface area (Å²) in [5.41, 5.74) is 8.65. The van der Waals surface area contributed by atoms with Crippen LogP contribution < -0.4 is 10.6 Å². The number of benzene rings is 2. The molecule has 0 saturated carbocycles. The first-order valence-corrected chi connectivity index (χ1v) is 10.4. The van der Waals surface area contributed by atoms with E-state index in [0.717, 1.165) is 22.6 Å². The zero-order chi connectivity index (χ0) is 21.1. The smallest absolute Gasteiger partial charge is 0.257 e. The highest BCUT2D eigenvalue weighted by atomic mass is 32.2. The van der Waals surface area contributed by atoms with Gasteiger partial charge in [0.25, 0.3) is 5.22 Å². The molecule has 0 aliphatic rings. The standard InChI is InChI=1S/C22H22N6OS/c1-14(19-25-20(23)27-21(26-19)28(2)3)30-22-24-17(15-10-6-4-7-11-15)18(29-22)16-12-8-5-9-13-16/h4-14H,1-3H3,(H2,23,25,26,27)/t14-/m0/s1. The Morgan fingerprint density at radius 2 is 1.50 bits per heavy atom. The highest BCUT2D eigenvalue weighted by Gasteiger charge is 2.21. The van der Waals surface area contributed by atoms with Crippen molar-refractivity contribution in [2.45, 2.75) is 17.4 Å². The van der Waals surface area contributed by atoms with Crippen molar-refractivity contribution < 1.29 is 4.42 Å². The quantitative estimate of drug-likeness (QED) is 0.451.